The lowest BCUT2D eigenvalue weighted by Crippen LogP contribution is -2.26. The maximum absolute atomic E-state index is 13.2. The fraction of sp³-hybridized carbons (Fsp3) is 0.0952. The van der Waals surface area contributed by atoms with Gasteiger partial charge in [-0.1, -0.05) is 24.3 Å². The molecule has 8 heteroatoms. The van der Waals surface area contributed by atoms with Crippen LogP contribution in [-0.4, -0.2) is 18.9 Å². The normalized spacial score (nSPS) is 11.6. The van der Waals surface area contributed by atoms with Crippen molar-refractivity contribution >= 4 is 38.0 Å². The lowest BCUT2D eigenvalue weighted by atomic mass is 10.2. The summed E-state index contributed by atoms with van der Waals surface area (Å²) in [6, 6.07) is 15.6. The Hall–Kier alpha value is -2.97. The summed E-state index contributed by atoms with van der Waals surface area (Å²) >= 11 is 1.55. The molecule has 2 heterocycles. The smallest absolute Gasteiger partial charge is 0.240 e. The van der Waals surface area contributed by atoms with Gasteiger partial charge in [-0.2, -0.15) is 0 Å². The lowest BCUT2D eigenvalue weighted by molar-refractivity contribution is -0.121. The van der Waals surface area contributed by atoms with E-state index in [1.807, 2.05) is 17.5 Å². The molecule has 4 aromatic rings. The van der Waals surface area contributed by atoms with Gasteiger partial charge in [-0.15, -0.1) is 11.3 Å². The molecule has 0 saturated heterocycles. The summed E-state index contributed by atoms with van der Waals surface area (Å²) in [6.45, 7) is 0.418. The Bertz CT molecular complexity index is 1260. The Balaban J connectivity index is 1.66. The zero-order valence-corrected chi connectivity index (χ0v) is 16.8. The predicted octanol–water partition coefficient (Wildman–Crippen LogP) is 3.99. The minimum atomic E-state index is -3.86. The van der Waals surface area contributed by atoms with Gasteiger partial charge in [0.25, 0.3) is 0 Å². The number of amides is 1. The molecule has 29 heavy (non-hydrogen) atoms. The lowest BCUT2D eigenvalue weighted by Gasteiger charge is -2.06. The van der Waals surface area contributed by atoms with Crippen LogP contribution in [0.25, 0.3) is 10.9 Å². The Morgan fingerprint density at radius 3 is 2.52 bits per heavy atom. The summed E-state index contributed by atoms with van der Waals surface area (Å²) in [5.74, 6) is -0.723. The average Bonchev–Trinajstić information content (AvgIpc) is 3.35. The van der Waals surface area contributed by atoms with E-state index in [9.17, 15) is 17.6 Å². The Labute approximate surface area is 171 Å². The monoisotopic (exact) mass is 428 g/mol. The number of nitrogens with zero attached hydrogens (tertiary/aromatic N) is 1. The van der Waals surface area contributed by atoms with Crippen LogP contribution < -0.4 is 5.32 Å². The summed E-state index contributed by atoms with van der Waals surface area (Å²) in [5, 5.41) is 5.30. The first-order valence-corrected chi connectivity index (χ1v) is 11.2. The molecular formula is C21H17FN2O3S2. The zero-order valence-electron chi connectivity index (χ0n) is 15.2. The molecule has 2 aromatic heterocycles. The first-order valence-electron chi connectivity index (χ1n) is 8.83. The van der Waals surface area contributed by atoms with Crippen LogP contribution >= 0.6 is 11.3 Å². The van der Waals surface area contributed by atoms with Crippen molar-refractivity contribution in [2.24, 2.45) is 0 Å². The van der Waals surface area contributed by atoms with Crippen LogP contribution in [0, 0.1) is 5.82 Å². The van der Waals surface area contributed by atoms with Gasteiger partial charge in [0.1, 0.15) is 12.4 Å². The molecule has 0 aliphatic heterocycles. The van der Waals surface area contributed by atoms with E-state index in [1.165, 1.54) is 18.3 Å². The number of hydrogen-bond donors (Lipinski definition) is 1. The van der Waals surface area contributed by atoms with Gasteiger partial charge in [-0.05, 0) is 41.8 Å². The van der Waals surface area contributed by atoms with Gasteiger partial charge in [-0.3, -0.25) is 4.79 Å². The average molecular weight is 429 g/mol. The van der Waals surface area contributed by atoms with Crippen molar-refractivity contribution in [1.29, 1.82) is 0 Å². The number of fused-ring (bicyclic) bond motifs is 1. The van der Waals surface area contributed by atoms with E-state index in [0.717, 1.165) is 17.0 Å². The molecule has 0 spiro atoms. The third kappa shape index (κ3) is 3.94. The van der Waals surface area contributed by atoms with Crippen LogP contribution in [0.3, 0.4) is 0 Å². The van der Waals surface area contributed by atoms with Crippen LogP contribution in [0.4, 0.5) is 4.39 Å². The van der Waals surface area contributed by atoms with E-state index in [4.69, 9.17) is 0 Å². The second kappa shape index (κ2) is 7.81. The molecule has 1 N–H and O–H groups in total. The summed E-state index contributed by atoms with van der Waals surface area (Å²) in [4.78, 5) is 13.5. The number of thiophene rings is 1. The van der Waals surface area contributed by atoms with E-state index in [2.05, 4.69) is 5.32 Å². The van der Waals surface area contributed by atoms with E-state index in [1.54, 1.807) is 40.2 Å². The van der Waals surface area contributed by atoms with Crippen LogP contribution in [0.1, 0.15) is 4.88 Å². The highest BCUT2D eigenvalue weighted by molar-refractivity contribution is 7.91. The number of halogens is 1. The molecule has 0 aliphatic rings. The number of nitrogens with one attached hydrogen (secondary N) is 1. The predicted molar refractivity (Wildman–Crippen MR) is 110 cm³/mol. The highest BCUT2D eigenvalue weighted by Crippen LogP contribution is 2.30. The third-order valence-electron chi connectivity index (χ3n) is 4.52. The fourth-order valence-corrected chi connectivity index (χ4v) is 5.23. The summed E-state index contributed by atoms with van der Waals surface area (Å²) in [5.41, 5.74) is 0.638. The number of benzene rings is 2. The van der Waals surface area contributed by atoms with Crippen molar-refractivity contribution in [1.82, 2.24) is 9.88 Å². The van der Waals surface area contributed by atoms with E-state index < -0.39 is 15.7 Å². The standard InChI is InChI=1S/C21H17FN2O3S2/c22-15-7-9-17(10-8-15)29(26,27)20-13-24(19-6-2-1-5-18(19)20)14-21(25)23-12-16-4-3-11-28-16/h1-11,13H,12,14H2,(H,23,25). The van der Waals surface area contributed by atoms with Gasteiger partial charge in [0.05, 0.1) is 16.3 Å². The van der Waals surface area contributed by atoms with E-state index in [0.29, 0.717) is 17.4 Å². The first-order chi connectivity index (χ1) is 13.9. The molecule has 0 fully saturated rings. The quantitative estimate of drug-likeness (QED) is 0.472. The molecule has 0 unspecified atom stereocenters. The van der Waals surface area contributed by atoms with E-state index >= 15 is 0 Å². The van der Waals surface area contributed by atoms with Gasteiger partial charge in [0.2, 0.25) is 15.7 Å². The van der Waals surface area contributed by atoms with Crippen molar-refractivity contribution in [3.05, 3.63) is 82.9 Å². The van der Waals surface area contributed by atoms with Gasteiger partial charge in [-0.25, -0.2) is 12.8 Å². The molecule has 0 saturated carbocycles. The highest BCUT2D eigenvalue weighted by atomic mass is 32.2. The summed E-state index contributed by atoms with van der Waals surface area (Å²) in [7, 11) is -3.86. The summed E-state index contributed by atoms with van der Waals surface area (Å²) < 4.78 is 41.0. The molecule has 0 bridgehead atoms. The van der Waals surface area contributed by atoms with Gasteiger partial charge < -0.3 is 9.88 Å². The number of aromatic nitrogens is 1. The first kappa shape index (κ1) is 19.4. The van der Waals surface area contributed by atoms with Gasteiger partial charge in [0, 0.05) is 22.0 Å². The minimum absolute atomic E-state index is 0.00366. The second-order valence-electron chi connectivity index (χ2n) is 6.45. The molecule has 4 rings (SSSR count). The number of carbonyl (C=O) groups is 1. The molecule has 1 amide bonds. The molecule has 0 atom stereocenters. The number of rotatable bonds is 6. The van der Waals surface area contributed by atoms with Gasteiger partial charge >= 0.3 is 0 Å². The van der Waals surface area contributed by atoms with Crippen LogP contribution in [0.2, 0.25) is 0 Å². The SMILES string of the molecule is O=C(Cn1cc(S(=O)(=O)c2ccc(F)cc2)c2ccccc21)NCc1cccs1. The number of carbonyl (C=O) groups excluding carboxylic acids is 1. The van der Waals surface area contributed by atoms with Crippen molar-refractivity contribution in [3.63, 3.8) is 0 Å². The Morgan fingerprint density at radius 1 is 1.03 bits per heavy atom. The molecule has 148 valence electrons. The number of para-hydroxylation sites is 1. The van der Waals surface area contributed by atoms with Crippen LogP contribution in [0.5, 0.6) is 0 Å². The topological polar surface area (TPSA) is 68.2 Å². The third-order valence-corrected chi connectivity index (χ3v) is 7.19. The minimum Gasteiger partial charge on any atom is -0.350 e. The Morgan fingerprint density at radius 2 is 1.79 bits per heavy atom. The molecule has 2 aromatic carbocycles. The highest BCUT2D eigenvalue weighted by Gasteiger charge is 2.24. The van der Waals surface area contributed by atoms with Crippen molar-refractivity contribution in [2.75, 3.05) is 0 Å². The molecule has 5 nitrogen and oxygen atoms in total. The summed E-state index contributed by atoms with van der Waals surface area (Å²) in [6.07, 6.45) is 1.47. The molecular weight excluding hydrogens is 411 g/mol. The van der Waals surface area contributed by atoms with Crippen molar-refractivity contribution in [2.45, 2.75) is 22.9 Å². The van der Waals surface area contributed by atoms with Crippen molar-refractivity contribution in [3.8, 4) is 0 Å². The fourth-order valence-electron chi connectivity index (χ4n) is 3.11. The maximum Gasteiger partial charge on any atom is 0.240 e. The number of hydrogen-bond acceptors (Lipinski definition) is 4. The second-order valence-corrected chi connectivity index (χ2v) is 9.40. The van der Waals surface area contributed by atoms with E-state index in [-0.39, 0.29) is 22.2 Å². The van der Waals surface area contributed by atoms with Crippen molar-refractivity contribution < 1.29 is 17.6 Å². The Kier molecular flexibility index (Phi) is 5.21. The van der Waals surface area contributed by atoms with Crippen LogP contribution in [-0.2, 0) is 27.7 Å². The molecule has 0 aliphatic carbocycles. The largest absolute Gasteiger partial charge is 0.350 e. The number of sulfone groups is 1. The van der Waals surface area contributed by atoms with Crippen LogP contribution in [0.15, 0.2) is 82.0 Å². The van der Waals surface area contributed by atoms with Gasteiger partial charge in [0.15, 0.2) is 0 Å². The molecule has 0 radical (unpaired) electrons. The zero-order chi connectivity index (χ0) is 20.4. The maximum atomic E-state index is 13.2.